The van der Waals surface area contributed by atoms with Crippen LogP contribution in [-0.2, 0) is 52.0 Å². The summed E-state index contributed by atoms with van der Waals surface area (Å²) in [6.45, 7) is 12.5. The molecule has 0 aromatic rings. The van der Waals surface area contributed by atoms with Gasteiger partial charge in [0.15, 0.2) is 0 Å². The molecule has 0 spiro atoms. The predicted octanol–water partition coefficient (Wildman–Crippen LogP) is 4.09. The first-order valence-corrected chi connectivity index (χ1v) is 15.6. The van der Waals surface area contributed by atoms with E-state index < -0.39 is 0 Å². The van der Waals surface area contributed by atoms with Crippen LogP contribution < -0.4 is 5.32 Å². The fourth-order valence-electron chi connectivity index (χ4n) is 6.00. The Morgan fingerprint density at radius 3 is 1.38 bits per heavy atom. The molecule has 10 nitrogen and oxygen atoms in total. The van der Waals surface area contributed by atoms with E-state index in [1.54, 1.807) is 9.80 Å². The second-order valence-electron chi connectivity index (χ2n) is 11.4. The number of esters is 2. The van der Waals surface area contributed by atoms with E-state index in [2.05, 4.69) is 26.1 Å². The summed E-state index contributed by atoms with van der Waals surface area (Å²) in [5.74, 6) is 1.27. The summed E-state index contributed by atoms with van der Waals surface area (Å²) in [6.07, 6.45) is 9.84. The second kappa shape index (κ2) is 21.6. The fourth-order valence-corrected chi connectivity index (χ4v) is 6.00. The molecular formula is C31H55N3O7V. The summed E-state index contributed by atoms with van der Waals surface area (Å²) in [5, 5.41) is 2.82. The van der Waals surface area contributed by atoms with Crippen LogP contribution in [0.1, 0.15) is 105 Å². The average molecular weight is 633 g/mol. The Bertz CT molecular complexity index is 802. The number of carbonyl (C=O) groups is 5. The molecule has 3 amide bonds. The van der Waals surface area contributed by atoms with E-state index in [0.717, 1.165) is 38.6 Å². The number of hydrogen-bond donors (Lipinski definition) is 1. The summed E-state index contributed by atoms with van der Waals surface area (Å²) in [5.41, 5.74) is 0. The van der Waals surface area contributed by atoms with Crippen LogP contribution in [0.4, 0.5) is 0 Å². The van der Waals surface area contributed by atoms with Gasteiger partial charge in [-0.05, 0) is 49.9 Å². The number of amides is 3. The molecule has 1 N–H and O–H groups in total. The third-order valence-corrected chi connectivity index (χ3v) is 8.10. The number of rotatable bonds is 12. The van der Waals surface area contributed by atoms with Gasteiger partial charge in [-0.15, -0.1) is 0 Å². The van der Waals surface area contributed by atoms with Gasteiger partial charge in [0.2, 0.25) is 17.7 Å². The number of likely N-dealkylation sites (tertiary alicyclic amines) is 2. The summed E-state index contributed by atoms with van der Waals surface area (Å²) >= 11 is 0. The van der Waals surface area contributed by atoms with Gasteiger partial charge in [0.1, 0.15) is 12.1 Å². The third kappa shape index (κ3) is 12.7. The number of nitrogens with zero attached hydrogens (tertiary/aromatic N) is 2. The van der Waals surface area contributed by atoms with Gasteiger partial charge in [-0.2, -0.15) is 0 Å². The van der Waals surface area contributed by atoms with Crippen LogP contribution in [0.3, 0.4) is 0 Å². The van der Waals surface area contributed by atoms with Crippen LogP contribution in [0, 0.1) is 17.8 Å². The van der Waals surface area contributed by atoms with Gasteiger partial charge in [-0.25, -0.2) is 9.59 Å². The maximum atomic E-state index is 11.8. The van der Waals surface area contributed by atoms with Gasteiger partial charge < -0.3 is 24.6 Å². The molecule has 3 aliphatic heterocycles. The third-order valence-electron chi connectivity index (χ3n) is 8.10. The van der Waals surface area contributed by atoms with Crippen molar-refractivity contribution in [2.45, 2.75) is 117 Å². The molecule has 3 rings (SSSR count). The van der Waals surface area contributed by atoms with Crippen molar-refractivity contribution >= 4 is 29.7 Å². The smallest absolute Gasteiger partial charge is 0.328 e. The topological polar surface area (TPSA) is 122 Å². The molecule has 0 saturated carbocycles. The summed E-state index contributed by atoms with van der Waals surface area (Å²) in [7, 11) is 2.74. The molecule has 3 fully saturated rings. The molecule has 241 valence electrons. The molecule has 5 atom stereocenters. The van der Waals surface area contributed by atoms with E-state index >= 15 is 0 Å². The zero-order chi connectivity index (χ0) is 30.9. The number of nitrogens with one attached hydrogen (secondary N) is 1. The van der Waals surface area contributed by atoms with Crippen molar-refractivity contribution in [1.82, 2.24) is 15.1 Å². The largest absolute Gasteiger partial charge is 0.467 e. The minimum Gasteiger partial charge on any atom is -0.467 e. The van der Waals surface area contributed by atoms with E-state index in [0.29, 0.717) is 56.5 Å². The van der Waals surface area contributed by atoms with Crippen LogP contribution in [0.15, 0.2) is 0 Å². The minimum atomic E-state index is -0.389. The zero-order valence-corrected chi connectivity index (χ0v) is 28.4. The zero-order valence-electron chi connectivity index (χ0n) is 27.0. The maximum absolute atomic E-state index is 11.8. The molecule has 0 aromatic heterocycles. The number of hydrogen-bond acceptors (Lipinski definition) is 7. The first kappa shape index (κ1) is 39.9. The summed E-state index contributed by atoms with van der Waals surface area (Å²) < 4.78 is 9.45. The molecule has 3 aliphatic rings. The number of carbonyl (C=O) groups excluding carboxylic acids is 5. The van der Waals surface area contributed by atoms with Crippen LogP contribution >= 0.6 is 0 Å². The number of ether oxygens (including phenoxy) is 2. The minimum absolute atomic E-state index is 0. The molecule has 3 saturated heterocycles. The van der Waals surface area contributed by atoms with Gasteiger partial charge in [0.05, 0.1) is 14.2 Å². The van der Waals surface area contributed by atoms with Crippen molar-refractivity contribution in [2.24, 2.45) is 17.8 Å². The quantitative estimate of drug-likeness (QED) is 0.322. The maximum Gasteiger partial charge on any atom is 0.328 e. The van der Waals surface area contributed by atoms with Crippen molar-refractivity contribution in [3.8, 4) is 0 Å². The predicted molar refractivity (Wildman–Crippen MR) is 158 cm³/mol. The van der Waals surface area contributed by atoms with Gasteiger partial charge in [0.25, 0.3) is 0 Å². The molecule has 1 radical (unpaired) electrons. The summed E-state index contributed by atoms with van der Waals surface area (Å²) in [4.78, 5) is 60.6. The SMILES string of the molecule is CCC[C@@H]1CC(=O)N([C@@H](CC)C(=O)OC)C1.CCC[C@@H]1CC(=O)N([C@H](CC)C(=O)OC)C1.CCC[C@H]1CNC(=O)C1.[V]. The van der Waals surface area contributed by atoms with Crippen molar-refractivity contribution in [3.05, 3.63) is 0 Å². The second-order valence-corrected chi connectivity index (χ2v) is 11.4. The first-order chi connectivity index (χ1) is 19.6. The fraction of sp³-hybridized carbons (Fsp3) is 0.839. The van der Waals surface area contributed by atoms with Gasteiger partial charge in [-0.1, -0.05) is 53.9 Å². The Balaban J connectivity index is 0.000000616. The normalized spacial score (nSPS) is 22.6. The van der Waals surface area contributed by atoms with Crippen molar-refractivity contribution in [3.63, 3.8) is 0 Å². The van der Waals surface area contributed by atoms with Crippen molar-refractivity contribution in [2.75, 3.05) is 33.9 Å². The molecule has 11 heteroatoms. The summed E-state index contributed by atoms with van der Waals surface area (Å²) in [6, 6.07) is -0.779. The molecule has 42 heavy (non-hydrogen) atoms. The molecule has 0 aromatic carbocycles. The molecule has 0 unspecified atom stereocenters. The van der Waals surface area contributed by atoms with E-state index in [9.17, 15) is 24.0 Å². The van der Waals surface area contributed by atoms with Crippen LogP contribution in [0.25, 0.3) is 0 Å². The van der Waals surface area contributed by atoms with Crippen LogP contribution in [0.5, 0.6) is 0 Å². The van der Waals surface area contributed by atoms with Crippen LogP contribution in [-0.4, -0.2) is 85.4 Å². The average Bonchev–Trinajstić information content (AvgIpc) is 3.64. The molecule has 0 aliphatic carbocycles. The molecule has 3 heterocycles. The Hall–Kier alpha value is -2.07. The molecule has 0 bridgehead atoms. The van der Waals surface area contributed by atoms with E-state index in [1.807, 2.05) is 13.8 Å². The Morgan fingerprint density at radius 2 is 1.10 bits per heavy atom. The Kier molecular flexibility index (Phi) is 20.5. The van der Waals surface area contributed by atoms with Crippen LogP contribution in [0.2, 0.25) is 0 Å². The standard InChI is InChI=1S/2C12H21NO3.C7H13NO.V/c2*1-4-6-9-7-11(14)13(8-9)10(5-2)12(15)16-3;1-2-3-6-4-7(9)8-5-6;/h2*9-10H,4-8H2,1-3H3;6H,2-5H2,1H3,(H,8,9);/t9-,10+;9-,10-;6-;/m111./s1. The van der Waals surface area contributed by atoms with E-state index in [1.165, 1.54) is 27.1 Å². The van der Waals surface area contributed by atoms with Gasteiger partial charge >= 0.3 is 11.9 Å². The van der Waals surface area contributed by atoms with E-state index in [4.69, 9.17) is 9.47 Å². The Morgan fingerprint density at radius 1 is 0.714 bits per heavy atom. The molecular weight excluding hydrogens is 577 g/mol. The Labute approximate surface area is 265 Å². The first-order valence-electron chi connectivity index (χ1n) is 15.6. The van der Waals surface area contributed by atoms with Crippen molar-refractivity contribution < 1.29 is 52.0 Å². The number of methoxy groups -OCH3 is 2. The monoisotopic (exact) mass is 632 g/mol. The van der Waals surface area contributed by atoms with E-state index in [-0.39, 0.29) is 60.3 Å². The van der Waals surface area contributed by atoms with Gasteiger partial charge in [-0.3, -0.25) is 14.4 Å². The van der Waals surface area contributed by atoms with Crippen molar-refractivity contribution in [1.29, 1.82) is 0 Å². The van der Waals surface area contributed by atoms with Gasteiger partial charge in [0, 0.05) is 57.5 Å².